The first kappa shape index (κ1) is 18.0. The van der Waals surface area contributed by atoms with E-state index in [9.17, 15) is 4.79 Å². The van der Waals surface area contributed by atoms with Gasteiger partial charge in [0, 0.05) is 30.2 Å². The molecule has 1 saturated heterocycles. The van der Waals surface area contributed by atoms with Gasteiger partial charge in [-0.15, -0.1) is 0 Å². The Morgan fingerprint density at radius 3 is 2.65 bits per heavy atom. The zero-order valence-electron chi connectivity index (χ0n) is 14.1. The molecule has 1 aliphatic rings. The maximum Gasteiger partial charge on any atom is 0.315 e. The van der Waals surface area contributed by atoms with E-state index in [-0.39, 0.29) is 17.6 Å². The number of urea groups is 1. The van der Waals surface area contributed by atoms with Crippen molar-refractivity contribution in [3.63, 3.8) is 0 Å². The maximum absolute atomic E-state index is 12.2. The average Bonchev–Trinajstić information content (AvgIpc) is 2.54. The molecule has 128 valence electrons. The van der Waals surface area contributed by atoms with Crippen LogP contribution in [-0.4, -0.2) is 49.3 Å². The average molecular weight is 340 g/mol. The van der Waals surface area contributed by atoms with Gasteiger partial charge in [-0.25, -0.2) is 4.79 Å². The minimum Gasteiger partial charge on any atom is -0.379 e. The lowest BCUT2D eigenvalue weighted by Gasteiger charge is -2.40. The van der Waals surface area contributed by atoms with Gasteiger partial charge in [0.25, 0.3) is 0 Å². The molecule has 1 aromatic carbocycles. The minimum atomic E-state index is -0.182. The largest absolute Gasteiger partial charge is 0.379 e. The van der Waals surface area contributed by atoms with Crippen LogP contribution in [-0.2, 0) is 4.74 Å². The highest BCUT2D eigenvalue weighted by atomic mass is 35.5. The number of amides is 2. The topological polar surface area (TPSA) is 53.6 Å². The number of hydrogen-bond acceptors (Lipinski definition) is 3. The van der Waals surface area contributed by atoms with E-state index in [1.165, 1.54) is 0 Å². The van der Waals surface area contributed by atoms with Crippen LogP contribution in [0.5, 0.6) is 0 Å². The third-order valence-corrected chi connectivity index (χ3v) is 4.61. The first-order valence-corrected chi connectivity index (χ1v) is 8.39. The Kier molecular flexibility index (Phi) is 6.27. The number of nitrogens with one attached hydrogen (secondary N) is 2. The van der Waals surface area contributed by atoms with Crippen LogP contribution in [0, 0.1) is 0 Å². The van der Waals surface area contributed by atoms with Crippen LogP contribution in [0.3, 0.4) is 0 Å². The summed E-state index contributed by atoms with van der Waals surface area (Å²) in [5, 5.41) is 6.56. The molecule has 0 bridgehead atoms. The summed E-state index contributed by atoms with van der Waals surface area (Å²) in [6, 6.07) is 7.22. The molecular formula is C17H26ClN3O2. The van der Waals surface area contributed by atoms with Gasteiger partial charge < -0.3 is 15.4 Å². The summed E-state index contributed by atoms with van der Waals surface area (Å²) in [7, 11) is 0. The normalized spacial score (nSPS) is 17.6. The quantitative estimate of drug-likeness (QED) is 0.867. The fourth-order valence-corrected chi connectivity index (χ4v) is 3.03. The Morgan fingerprint density at radius 1 is 1.35 bits per heavy atom. The molecule has 6 heteroatoms. The molecule has 0 aromatic heterocycles. The van der Waals surface area contributed by atoms with Crippen molar-refractivity contribution in [2.45, 2.75) is 32.4 Å². The monoisotopic (exact) mass is 339 g/mol. The number of hydrogen-bond donors (Lipinski definition) is 2. The number of carbonyl (C=O) groups excluding carboxylic acids is 1. The second-order valence-corrected chi connectivity index (χ2v) is 6.89. The zero-order valence-corrected chi connectivity index (χ0v) is 14.8. The second kappa shape index (κ2) is 7.99. The fraction of sp³-hybridized carbons (Fsp3) is 0.588. The van der Waals surface area contributed by atoms with Gasteiger partial charge in [0.2, 0.25) is 0 Å². The number of halogens is 1. The van der Waals surface area contributed by atoms with E-state index in [4.69, 9.17) is 16.3 Å². The van der Waals surface area contributed by atoms with Crippen molar-refractivity contribution < 1.29 is 9.53 Å². The standard InChI is InChI=1S/C17H26ClN3O2/c1-13(14-6-4-5-7-15(14)18)20-16(22)19-12-17(2,3)21-8-10-23-11-9-21/h4-7,13H,8-12H2,1-3H3,(H2,19,20,22). The third kappa shape index (κ3) is 5.09. The van der Waals surface area contributed by atoms with Gasteiger partial charge in [0.05, 0.1) is 19.3 Å². The molecule has 1 aliphatic heterocycles. The predicted molar refractivity (Wildman–Crippen MR) is 92.9 cm³/mol. The first-order valence-electron chi connectivity index (χ1n) is 8.02. The molecular weight excluding hydrogens is 314 g/mol. The van der Waals surface area contributed by atoms with Gasteiger partial charge in [-0.3, -0.25) is 4.90 Å². The Bertz CT molecular complexity index is 530. The number of carbonyl (C=O) groups is 1. The molecule has 1 aromatic rings. The summed E-state index contributed by atoms with van der Waals surface area (Å²) in [5.74, 6) is 0. The fourth-order valence-electron chi connectivity index (χ4n) is 2.73. The van der Waals surface area contributed by atoms with Crippen LogP contribution in [0.4, 0.5) is 4.79 Å². The van der Waals surface area contributed by atoms with Gasteiger partial charge >= 0.3 is 6.03 Å². The highest BCUT2D eigenvalue weighted by molar-refractivity contribution is 6.31. The molecule has 5 nitrogen and oxygen atoms in total. The Labute approximate surface area is 143 Å². The van der Waals surface area contributed by atoms with E-state index in [1.807, 2.05) is 31.2 Å². The lowest BCUT2D eigenvalue weighted by molar-refractivity contribution is -0.00876. The molecule has 0 spiro atoms. The third-order valence-electron chi connectivity index (χ3n) is 4.27. The van der Waals surface area contributed by atoms with Gasteiger partial charge in [-0.05, 0) is 32.4 Å². The number of morpholine rings is 1. The molecule has 1 atom stereocenters. The molecule has 0 saturated carbocycles. The van der Waals surface area contributed by atoms with Gasteiger partial charge in [-0.1, -0.05) is 29.8 Å². The summed E-state index contributed by atoms with van der Waals surface area (Å²) in [6.07, 6.45) is 0. The van der Waals surface area contributed by atoms with Gasteiger partial charge in [-0.2, -0.15) is 0 Å². The lowest BCUT2D eigenvalue weighted by Crippen LogP contribution is -2.56. The molecule has 1 heterocycles. The summed E-state index contributed by atoms with van der Waals surface area (Å²) in [5.41, 5.74) is 0.811. The van der Waals surface area contributed by atoms with Crippen LogP contribution in [0.1, 0.15) is 32.4 Å². The van der Waals surface area contributed by atoms with Crippen molar-refractivity contribution in [3.05, 3.63) is 34.9 Å². The van der Waals surface area contributed by atoms with Crippen LogP contribution in [0.25, 0.3) is 0 Å². The Balaban J connectivity index is 1.83. The Morgan fingerprint density at radius 2 is 2.00 bits per heavy atom. The van der Waals surface area contributed by atoms with Crippen LogP contribution in [0.15, 0.2) is 24.3 Å². The molecule has 2 rings (SSSR count). The zero-order chi connectivity index (χ0) is 16.9. The van der Waals surface area contributed by atoms with Crippen molar-refractivity contribution >= 4 is 17.6 Å². The maximum atomic E-state index is 12.2. The highest BCUT2D eigenvalue weighted by Gasteiger charge is 2.28. The smallest absolute Gasteiger partial charge is 0.315 e. The number of nitrogens with zero attached hydrogens (tertiary/aromatic N) is 1. The van der Waals surface area contributed by atoms with Crippen molar-refractivity contribution in [2.75, 3.05) is 32.8 Å². The summed E-state index contributed by atoms with van der Waals surface area (Å²) in [4.78, 5) is 14.5. The molecule has 2 N–H and O–H groups in total. The van der Waals surface area contributed by atoms with Gasteiger partial charge in [0.1, 0.15) is 0 Å². The lowest BCUT2D eigenvalue weighted by atomic mass is 10.0. The predicted octanol–water partition coefficient (Wildman–Crippen LogP) is 2.81. The summed E-state index contributed by atoms with van der Waals surface area (Å²) < 4.78 is 5.38. The van der Waals surface area contributed by atoms with E-state index in [0.717, 1.165) is 31.9 Å². The molecule has 23 heavy (non-hydrogen) atoms. The number of rotatable bonds is 5. The van der Waals surface area contributed by atoms with E-state index in [2.05, 4.69) is 29.4 Å². The SMILES string of the molecule is CC(NC(=O)NCC(C)(C)N1CCOCC1)c1ccccc1Cl. The van der Waals surface area contributed by atoms with Crippen LogP contribution in [0.2, 0.25) is 5.02 Å². The first-order chi connectivity index (χ1) is 10.9. The molecule has 2 amide bonds. The molecule has 0 aliphatic carbocycles. The highest BCUT2D eigenvalue weighted by Crippen LogP contribution is 2.22. The molecule has 1 fully saturated rings. The Hall–Kier alpha value is -1.30. The van der Waals surface area contributed by atoms with E-state index >= 15 is 0 Å². The molecule has 1 unspecified atom stereocenters. The van der Waals surface area contributed by atoms with Crippen LogP contribution < -0.4 is 10.6 Å². The van der Waals surface area contributed by atoms with Crippen LogP contribution >= 0.6 is 11.6 Å². The van der Waals surface area contributed by atoms with Gasteiger partial charge in [0.15, 0.2) is 0 Å². The second-order valence-electron chi connectivity index (χ2n) is 6.48. The van der Waals surface area contributed by atoms with E-state index in [1.54, 1.807) is 0 Å². The number of benzene rings is 1. The molecule has 0 radical (unpaired) electrons. The van der Waals surface area contributed by atoms with Crippen molar-refractivity contribution in [1.29, 1.82) is 0 Å². The van der Waals surface area contributed by atoms with Crippen molar-refractivity contribution in [2.24, 2.45) is 0 Å². The summed E-state index contributed by atoms with van der Waals surface area (Å²) >= 11 is 6.16. The van der Waals surface area contributed by atoms with Crippen molar-refractivity contribution in [3.8, 4) is 0 Å². The minimum absolute atomic E-state index is 0.102. The van der Waals surface area contributed by atoms with Crippen molar-refractivity contribution in [1.82, 2.24) is 15.5 Å². The van der Waals surface area contributed by atoms with E-state index in [0.29, 0.717) is 11.6 Å². The number of ether oxygens (including phenoxy) is 1. The summed E-state index contributed by atoms with van der Waals surface area (Å²) in [6.45, 7) is 10.1. The van der Waals surface area contributed by atoms with E-state index < -0.39 is 0 Å².